The number of aromatic nitrogens is 2. The zero-order chi connectivity index (χ0) is 13.9. The zero-order valence-corrected chi connectivity index (χ0v) is 11.8. The quantitative estimate of drug-likeness (QED) is 0.618. The SMILES string of the molecule is COC(=O)c1ccc2cn(C3CCCCCC3)nc2c1. The fraction of sp³-hybridized carbons (Fsp3) is 0.500. The van der Waals surface area contributed by atoms with Gasteiger partial charge in [-0.2, -0.15) is 5.10 Å². The van der Waals surface area contributed by atoms with Crippen LogP contribution in [-0.4, -0.2) is 22.9 Å². The minimum absolute atomic E-state index is 0.309. The van der Waals surface area contributed by atoms with Crippen molar-refractivity contribution in [3.8, 4) is 0 Å². The molecular formula is C16H20N2O2. The number of hydrogen-bond acceptors (Lipinski definition) is 3. The Morgan fingerprint density at radius 1 is 1.25 bits per heavy atom. The van der Waals surface area contributed by atoms with E-state index in [0.717, 1.165) is 10.9 Å². The van der Waals surface area contributed by atoms with E-state index >= 15 is 0 Å². The molecule has 0 amide bonds. The maximum absolute atomic E-state index is 11.6. The summed E-state index contributed by atoms with van der Waals surface area (Å²) >= 11 is 0. The summed E-state index contributed by atoms with van der Waals surface area (Å²) in [6.45, 7) is 0. The second kappa shape index (κ2) is 5.65. The number of ether oxygens (including phenoxy) is 1. The minimum Gasteiger partial charge on any atom is -0.465 e. The molecule has 1 saturated carbocycles. The highest BCUT2D eigenvalue weighted by Crippen LogP contribution is 2.28. The number of nitrogens with zero attached hydrogens (tertiary/aromatic N) is 2. The molecule has 3 rings (SSSR count). The second-order valence-corrected chi connectivity index (χ2v) is 5.52. The van der Waals surface area contributed by atoms with Crippen molar-refractivity contribution in [3.63, 3.8) is 0 Å². The van der Waals surface area contributed by atoms with Crippen LogP contribution in [0.4, 0.5) is 0 Å². The summed E-state index contributed by atoms with van der Waals surface area (Å²) in [6.07, 6.45) is 9.76. The van der Waals surface area contributed by atoms with Gasteiger partial charge in [-0.3, -0.25) is 4.68 Å². The lowest BCUT2D eigenvalue weighted by molar-refractivity contribution is 0.0601. The zero-order valence-electron chi connectivity index (χ0n) is 11.8. The van der Waals surface area contributed by atoms with Crippen molar-refractivity contribution in [2.75, 3.05) is 7.11 Å². The third-order valence-corrected chi connectivity index (χ3v) is 4.14. The number of rotatable bonds is 2. The Hall–Kier alpha value is -1.84. The van der Waals surface area contributed by atoms with Crippen molar-refractivity contribution >= 4 is 16.9 Å². The fourth-order valence-corrected chi connectivity index (χ4v) is 2.99. The Morgan fingerprint density at radius 2 is 2.00 bits per heavy atom. The van der Waals surface area contributed by atoms with Crippen LogP contribution < -0.4 is 0 Å². The highest BCUT2D eigenvalue weighted by molar-refractivity contribution is 5.94. The normalized spacial score (nSPS) is 17.1. The summed E-state index contributed by atoms with van der Waals surface area (Å²) in [5.41, 5.74) is 1.43. The van der Waals surface area contributed by atoms with Crippen molar-refractivity contribution < 1.29 is 9.53 Å². The number of fused-ring (bicyclic) bond motifs is 1. The van der Waals surface area contributed by atoms with E-state index < -0.39 is 0 Å². The van der Waals surface area contributed by atoms with E-state index in [2.05, 4.69) is 16.0 Å². The highest BCUT2D eigenvalue weighted by atomic mass is 16.5. The van der Waals surface area contributed by atoms with Gasteiger partial charge >= 0.3 is 5.97 Å². The molecule has 1 aromatic carbocycles. The van der Waals surface area contributed by atoms with E-state index in [1.54, 1.807) is 6.07 Å². The predicted octanol–water partition coefficient (Wildman–Crippen LogP) is 3.72. The van der Waals surface area contributed by atoms with Gasteiger partial charge in [0.05, 0.1) is 24.2 Å². The van der Waals surface area contributed by atoms with Crippen LogP contribution in [0.3, 0.4) is 0 Å². The Labute approximate surface area is 118 Å². The van der Waals surface area contributed by atoms with Gasteiger partial charge in [-0.1, -0.05) is 31.7 Å². The van der Waals surface area contributed by atoms with Crippen LogP contribution in [0, 0.1) is 0 Å². The Kier molecular flexibility index (Phi) is 3.72. The van der Waals surface area contributed by atoms with Gasteiger partial charge in [0.1, 0.15) is 0 Å². The first-order valence-corrected chi connectivity index (χ1v) is 7.35. The van der Waals surface area contributed by atoms with E-state index in [9.17, 15) is 4.79 Å². The van der Waals surface area contributed by atoms with E-state index in [1.807, 2.05) is 12.1 Å². The highest BCUT2D eigenvalue weighted by Gasteiger charge is 2.16. The monoisotopic (exact) mass is 272 g/mol. The van der Waals surface area contributed by atoms with E-state index in [1.165, 1.54) is 45.6 Å². The summed E-state index contributed by atoms with van der Waals surface area (Å²) in [6, 6.07) is 6.06. The summed E-state index contributed by atoms with van der Waals surface area (Å²) in [4.78, 5) is 11.6. The van der Waals surface area contributed by atoms with E-state index in [4.69, 9.17) is 4.74 Å². The second-order valence-electron chi connectivity index (χ2n) is 5.52. The topological polar surface area (TPSA) is 44.1 Å². The molecule has 0 aliphatic heterocycles. The van der Waals surface area contributed by atoms with Crippen LogP contribution in [0.5, 0.6) is 0 Å². The molecule has 0 unspecified atom stereocenters. The molecule has 4 nitrogen and oxygen atoms in total. The maximum atomic E-state index is 11.6. The molecule has 1 aliphatic carbocycles. The Bertz CT molecular complexity index is 610. The summed E-state index contributed by atoms with van der Waals surface area (Å²) in [7, 11) is 1.40. The molecule has 1 heterocycles. The lowest BCUT2D eigenvalue weighted by atomic mass is 10.1. The summed E-state index contributed by atoms with van der Waals surface area (Å²) < 4.78 is 6.85. The van der Waals surface area contributed by atoms with Gasteiger partial charge < -0.3 is 4.74 Å². The van der Waals surface area contributed by atoms with Gasteiger partial charge in [0.2, 0.25) is 0 Å². The first-order chi connectivity index (χ1) is 9.78. The number of esters is 1. The molecule has 1 aliphatic rings. The molecule has 0 atom stereocenters. The molecule has 0 saturated heterocycles. The van der Waals surface area contributed by atoms with Crippen LogP contribution in [0.25, 0.3) is 10.9 Å². The molecule has 0 bridgehead atoms. The maximum Gasteiger partial charge on any atom is 0.337 e. The molecule has 0 spiro atoms. The molecule has 4 heteroatoms. The lowest BCUT2D eigenvalue weighted by Crippen LogP contribution is -2.08. The smallest absolute Gasteiger partial charge is 0.337 e. The molecule has 2 aromatic rings. The molecule has 20 heavy (non-hydrogen) atoms. The van der Waals surface area contributed by atoms with Crippen LogP contribution in [0.2, 0.25) is 0 Å². The van der Waals surface area contributed by atoms with Gasteiger partial charge in [0.25, 0.3) is 0 Å². The average Bonchev–Trinajstić information content (AvgIpc) is 2.71. The summed E-state index contributed by atoms with van der Waals surface area (Å²) in [5.74, 6) is -0.309. The molecular weight excluding hydrogens is 252 g/mol. The molecule has 106 valence electrons. The standard InChI is InChI=1S/C16H20N2O2/c1-20-16(19)12-8-9-13-11-18(17-15(13)10-12)14-6-4-2-3-5-7-14/h8-11,14H,2-7H2,1H3. The number of methoxy groups -OCH3 is 1. The third kappa shape index (κ3) is 2.55. The first-order valence-electron chi connectivity index (χ1n) is 7.35. The fourth-order valence-electron chi connectivity index (χ4n) is 2.99. The van der Waals surface area contributed by atoms with Crippen molar-refractivity contribution in [2.24, 2.45) is 0 Å². The van der Waals surface area contributed by atoms with Crippen LogP contribution >= 0.6 is 0 Å². The summed E-state index contributed by atoms with van der Waals surface area (Å²) in [5, 5.41) is 5.75. The van der Waals surface area contributed by atoms with E-state index in [-0.39, 0.29) is 5.97 Å². The number of benzene rings is 1. The lowest BCUT2D eigenvalue weighted by Gasteiger charge is -2.13. The molecule has 0 N–H and O–H groups in total. The average molecular weight is 272 g/mol. The Balaban J connectivity index is 1.91. The van der Waals surface area contributed by atoms with Crippen LogP contribution in [-0.2, 0) is 4.74 Å². The largest absolute Gasteiger partial charge is 0.465 e. The number of carbonyl (C=O) groups is 1. The molecule has 1 fully saturated rings. The van der Waals surface area contributed by atoms with Crippen molar-refractivity contribution in [1.82, 2.24) is 9.78 Å². The van der Waals surface area contributed by atoms with Gasteiger partial charge in [-0.15, -0.1) is 0 Å². The molecule has 0 radical (unpaired) electrons. The van der Waals surface area contributed by atoms with Gasteiger partial charge in [-0.25, -0.2) is 4.79 Å². The minimum atomic E-state index is -0.309. The number of carbonyl (C=O) groups excluding carboxylic acids is 1. The number of hydrogen-bond donors (Lipinski definition) is 0. The third-order valence-electron chi connectivity index (χ3n) is 4.14. The van der Waals surface area contributed by atoms with Gasteiger partial charge in [-0.05, 0) is 25.0 Å². The molecule has 1 aromatic heterocycles. The van der Waals surface area contributed by atoms with Gasteiger partial charge in [0, 0.05) is 11.6 Å². The predicted molar refractivity (Wildman–Crippen MR) is 77.8 cm³/mol. The van der Waals surface area contributed by atoms with Crippen LogP contribution in [0.15, 0.2) is 24.4 Å². The van der Waals surface area contributed by atoms with Crippen LogP contribution in [0.1, 0.15) is 54.9 Å². The van der Waals surface area contributed by atoms with Crippen molar-refractivity contribution in [1.29, 1.82) is 0 Å². The van der Waals surface area contributed by atoms with Gasteiger partial charge in [0.15, 0.2) is 0 Å². The van der Waals surface area contributed by atoms with Crippen molar-refractivity contribution in [3.05, 3.63) is 30.0 Å². The van der Waals surface area contributed by atoms with Crippen molar-refractivity contribution in [2.45, 2.75) is 44.6 Å². The first kappa shape index (κ1) is 13.2. The Morgan fingerprint density at radius 3 is 2.70 bits per heavy atom. The van der Waals surface area contributed by atoms with E-state index in [0.29, 0.717) is 11.6 Å².